The Bertz CT molecular complexity index is 837. The van der Waals surface area contributed by atoms with Gasteiger partial charge in [-0.1, -0.05) is 12.8 Å². The van der Waals surface area contributed by atoms with E-state index in [0.29, 0.717) is 10.8 Å². The third-order valence-corrected chi connectivity index (χ3v) is 6.74. The molecular weight excluding hydrogens is 354 g/mol. The van der Waals surface area contributed by atoms with Gasteiger partial charge in [0.2, 0.25) is 0 Å². The van der Waals surface area contributed by atoms with Crippen molar-refractivity contribution in [1.29, 1.82) is 0 Å². The number of hydrogen-bond donors (Lipinski definition) is 1. The van der Waals surface area contributed by atoms with Gasteiger partial charge in [-0.05, 0) is 61.4 Å². The number of amides is 1. The standard InChI is InChI=1S/C19H21NO3S2/c1-25(22,23)18-12-6-14(7-13-18)19(21)20-15-8-10-17(11-9-15)24-16-4-2-3-5-16/h6-13,16H,2-5H2,1H3,(H,20,21). The number of thioether (sulfide) groups is 1. The van der Waals surface area contributed by atoms with Crippen LogP contribution in [-0.4, -0.2) is 25.8 Å². The summed E-state index contributed by atoms with van der Waals surface area (Å²) < 4.78 is 22.9. The topological polar surface area (TPSA) is 63.2 Å². The van der Waals surface area contributed by atoms with Crippen molar-refractivity contribution in [2.24, 2.45) is 0 Å². The van der Waals surface area contributed by atoms with Gasteiger partial charge in [-0.25, -0.2) is 8.42 Å². The monoisotopic (exact) mass is 375 g/mol. The number of carbonyl (C=O) groups is 1. The molecule has 0 unspecified atom stereocenters. The van der Waals surface area contributed by atoms with Gasteiger partial charge in [0.25, 0.3) is 5.91 Å². The van der Waals surface area contributed by atoms with Crippen LogP contribution < -0.4 is 5.32 Å². The van der Waals surface area contributed by atoms with E-state index in [0.717, 1.165) is 11.9 Å². The quantitative estimate of drug-likeness (QED) is 0.842. The third kappa shape index (κ3) is 4.86. The zero-order chi connectivity index (χ0) is 17.9. The van der Waals surface area contributed by atoms with Gasteiger partial charge in [-0.2, -0.15) is 0 Å². The molecule has 1 amide bonds. The van der Waals surface area contributed by atoms with Crippen molar-refractivity contribution < 1.29 is 13.2 Å². The second-order valence-corrected chi connectivity index (χ2v) is 9.69. The van der Waals surface area contributed by atoms with Crippen LogP contribution in [0.5, 0.6) is 0 Å². The average molecular weight is 376 g/mol. The Balaban J connectivity index is 1.62. The van der Waals surface area contributed by atoms with E-state index < -0.39 is 9.84 Å². The minimum atomic E-state index is -3.25. The van der Waals surface area contributed by atoms with Crippen molar-refractivity contribution in [2.75, 3.05) is 11.6 Å². The van der Waals surface area contributed by atoms with Crippen LogP contribution in [-0.2, 0) is 9.84 Å². The zero-order valence-electron chi connectivity index (χ0n) is 14.1. The number of hydrogen-bond acceptors (Lipinski definition) is 4. The van der Waals surface area contributed by atoms with Crippen LogP contribution in [0.4, 0.5) is 5.69 Å². The lowest BCUT2D eigenvalue weighted by molar-refractivity contribution is 0.102. The number of anilines is 1. The molecule has 3 rings (SSSR count). The SMILES string of the molecule is CS(=O)(=O)c1ccc(C(=O)Nc2ccc(SC3CCCC3)cc2)cc1. The molecule has 0 saturated heterocycles. The molecule has 0 aliphatic heterocycles. The van der Waals surface area contributed by atoms with E-state index in [9.17, 15) is 13.2 Å². The number of carbonyl (C=O) groups excluding carboxylic acids is 1. The molecule has 1 fully saturated rings. The summed E-state index contributed by atoms with van der Waals surface area (Å²) in [5.74, 6) is -0.253. The van der Waals surface area contributed by atoms with E-state index in [2.05, 4.69) is 5.32 Å². The number of nitrogens with one attached hydrogen (secondary N) is 1. The van der Waals surface area contributed by atoms with Gasteiger partial charge in [0, 0.05) is 27.7 Å². The summed E-state index contributed by atoms with van der Waals surface area (Å²) in [4.78, 5) is 13.7. The Morgan fingerprint density at radius 2 is 1.60 bits per heavy atom. The summed E-state index contributed by atoms with van der Waals surface area (Å²) in [5, 5.41) is 3.56. The Labute approximate surface area is 152 Å². The molecule has 1 N–H and O–H groups in total. The maximum Gasteiger partial charge on any atom is 0.255 e. The van der Waals surface area contributed by atoms with Crippen LogP contribution in [0.25, 0.3) is 0 Å². The summed E-state index contributed by atoms with van der Waals surface area (Å²) in [6, 6.07) is 13.8. The molecule has 0 bridgehead atoms. The van der Waals surface area contributed by atoms with Gasteiger partial charge in [-0.3, -0.25) is 4.79 Å². The fraction of sp³-hybridized carbons (Fsp3) is 0.316. The lowest BCUT2D eigenvalue weighted by atomic mass is 10.2. The summed E-state index contributed by atoms with van der Waals surface area (Å²) in [7, 11) is -3.25. The molecule has 2 aromatic rings. The molecule has 0 heterocycles. The first-order chi connectivity index (χ1) is 11.9. The predicted molar refractivity (Wildman–Crippen MR) is 102 cm³/mol. The lowest BCUT2D eigenvalue weighted by Crippen LogP contribution is -2.12. The number of benzene rings is 2. The highest BCUT2D eigenvalue weighted by Crippen LogP contribution is 2.34. The van der Waals surface area contributed by atoms with E-state index in [1.807, 2.05) is 36.0 Å². The minimum absolute atomic E-state index is 0.206. The Morgan fingerprint density at radius 3 is 2.16 bits per heavy atom. The highest BCUT2D eigenvalue weighted by Gasteiger charge is 2.16. The van der Waals surface area contributed by atoms with Crippen LogP contribution in [0.15, 0.2) is 58.3 Å². The predicted octanol–water partition coefficient (Wildman–Crippen LogP) is 4.38. The van der Waals surface area contributed by atoms with Crippen molar-refractivity contribution in [3.05, 3.63) is 54.1 Å². The Kier molecular flexibility index (Phi) is 5.49. The molecular formula is C19H21NO3S2. The smallest absolute Gasteiger partial charge is 0.255 e. The summed E-state index contributed by atoms with van der Waals surface area (Å²) in [6.45, 7) is 0. The summed E-state index contributed by atoms with van der Waals surface area (Å²) in [5.41, 5.74) is 1.16. The van der Waals surface area contributed by atoms with Crippen molar-refractivity contribution in [3.63, 3.8) is 0 Å². The molecule has 0 radical (unpaired) electrons. The second-order valence-electron chi connectivity index (χ2n) is 6.30. The molecule has 25 heavy (non-hydrogen) atoms. The van der Waals surface area contributed by atoms with E-state index >= 15 is 0 Å². The first-order valence-electron chi connectivity index (χ1n) is 8.30. The van der Waals surface area contributed by atoms with Crippen molar-refractivity contribution in [1.82, 2.24) is 0 Å². The molecule has 4 nitrogen and oxygen atoms in total. The molecule has 1 aliphatic rings. The van der Waals surface area contributed by atoms with E-state index in [1.54, 1.807) is 0 Å². The van der Waals surface area contributed by atoms with E-state index in [1.165, 1.54) is 54.8 Å². The molecule has 1 aliphatic carbocycles. The van der Waals surface area contributed by atoms with Gasteiger partial charge in [0.05, 0.1) is 4.90 Å². The Hall–Kier alpha value is -1.79. The van der Waals surface area contributed by atoms with Crippen LogP contribution in [0, 0.1) is 0 Å². The molecule has 2 aromatic carbocycles. The highest BCUT2D eigenvalue weighted by atomic mass is 32.2. The van der Waals surface area contributed by atoms with E-state index in [-0.39, 0.29) is 10.8 Å². The summed E-state index contributed by atoms with van der Waals surface area (Å²) in [6.07, 6.45) is 6.36. The van der Waals surface area contributed by atoms with Crippen LogP contribution >= 0.6 is 11.8 Å². The number of sulfone groups is 1. The lowest BCUT2D eigenvalue weighted by Gasteiger charge is -2.10. The third-order valence-electron chi connectivity index (χ3n) is 4.26. The average Bonchev–Trinajstić information content (AvgIpc) is 3.09. The first-order valence-corrected chi connectivity index (χ1v) is 11.1. The maximum atomic E-state index is 12.3. The van der Waals surface area contributed by atoms with Crippen molar-refractivity contribution in [2.45, 2.75) is 40.7 Å². The van der Waals surface area contributed by atoms with Gasteiger partial charge < -0.3 is 5.32 Å². The van der Waals surface area contributed by atoms with Gasteiger partial charge in [0.15, 0.2) is 9.84 Å². The number of rotatable bonds is 5. The molecule has 6 heteroatoms. The largest absolute Gasteiger partial charge is 0.322 e. The molecule has 132 valence electrons. The van der Waals surface area contributed by atoms with Crippen molar-refractivity contribution >= 4 is 33.2 Å². The molecule has 0 spiro atoms. The Morgan fingerprint density at radius 1 is 1.00 bits per heavy atom. The molecule has 0 aromatic heterocycles. The molecule has 0 atom stereocenters. The normalized spacial score (nSPS) is 15.2. The molecule has 1 saturated carbocycles. The highest BCUT2D eigenvalue weighted by molar-refractivity contribution is 8.00. The van der Waals surface area contributed by atoms with E-state index in [4.69, 9.17) is 0 Å². The van der Waals surface area contributed by atoms with Crippen LogP contribution in [0.2, 0.25) is 0 Å². The van der Waals surface area contributed by atoms with Crippen molar-refractivity contribution in [3.8, 4) is 0 Å². The zero-order valence-corrected chi connectivity index (χ0v) is 15.7. The van der Waals surface area contributed by atoms with Crippen LogP contribution in [0.1, 0.15) is 36.0 Å². The first kappa shape index (κ1) is 18.0. The van der Waals surface area contributed by atoms with Gasteiger partial charge >= 0.3 is 0 Å². The van der Waals surface area contributed by atoms with Gasteiger partial charge in [0.1, 0.15) is 0 Å². The summed E-state index contributed by atoms with van der Waals surface area (Å²) >= 11 is 1.91. The minimum Gasteiger partial charge on any atom is -0.322 e. The van der Waals surface area contributed by atoms with Gasteiger partial charge in [-0.15, -0.1) is 11.8 Å². The van der Waals surface area contributed by atoms with Crippen LogP contribution in [0.3, 0.4) is 0 Å². The fourth-order valence-corrected chi connectivity index (χ4v) is 4.75. The fourth-order valence-electron chi connectivity index (χ4n) is 2.87. The maximum absolute atomic E-state index is 12.3. The second kappa shape index (κ2) is 7.62.